The Hall–Kier alpha value is -1.64. The standard InChI is InChI=1S/C12H21N5O3S/c1-3-6-13-10-15-11(17-12(16-10)20-4-2)14-9-5-7-21(18,19)8-9/h9H,3-8H2,1-2H3,(H2,13,14,15,16,17). The highest BCUT2D eigenvalue weighted by Crippen LogP contribution is 2.17. The summed E-state index contributed by atoms with van der Waals surface area (Å²) in [5.41, 5.74) is 0. The summed E-state index contributed by atoms with van der Waals surface area (Å²) in [4.78, 5) is 12.5. The fourth-order valence-electron chi connectivity index (χ4n) is 2.02. The van der Waals surface area contributed by atoms with E-state index in [1.165, 1.54) is 0 Å². The zero-order valence-electron chi connectivity index (χ0n) is 12.3. The van der Waals surface area contributed by atoms with E-state index < -0.39 is 9.84 Å². The molecule has 0 aliphatic carbocycles. The van der Waals surface area contributed by atoms with Gasteiger partial charge in [0, 0.05) is 12.6 Å². The van der Waals surface area contributed by atoms with Crippen molar-refractivity contribution in [1.82, 2.24) is 15.0 Å². The Kier molecular flexibility index (Phi) is 5.16. The lowest BCUT2D eigenvalue weighted by Crippen LogP contribution is -2.23. The van der Waals surface area contributed by atoms with Crippen LogP contribution in [0.5, 0.6) is 6.01 Å². The van der Waals surface area contributed by atoms with E-state index in [-0.39, 0.29) is 23.6 Å². The Balaban J connectivity index is 2.11. The molecule has 21 heavy (non-hydrogen) atoms. The normalized spacial score (nSPS) is 20.2. The van der Waals surface area contributed by atoms with Gasteiger partial charge in [0.15, 0.2) is 9.84 Å². The molecule has 1 aromatic heterocycles. The molecule has 0 radical (unpaired) electrons. The number of nitrogens with zero attached hydrogens (tertiary/aromatic N) is 3. The van der Waals surface area contributed by atoms with Gasteiger partial charge in [0.1, 0.15) is 0 Å². The molecule has 118 valence electrons. The number of rotatable bonds is 7. The highest BCUT2D eigenvalue weighted by atomic mass is 32.2. The van der Waals surface area contributed by atoms with Gasteiger partial charge in [0.05, 0.1) is 18.1 Å². The lowest BCUT2D eigenvalue weighted by atomic mass is 10.3. The molecule has 2 rings (SSSR count). The Morgan fingerprint density at radius 3 is 2.62 bits per heavy atom. The quantitative estimate of drug-likeness (QED) is 0.757. The molecule has 0 aromatic carbocycles. The van der Waals surface area contributed by atoms with Crippen LogP contribution >= 0.6 is 0 Å². The molecule has 0 amide bonds. The van der Waals surface area contributed by atoms with Gasteiger partial charge in [-0.2, -0.15) is 15.0 Å². The molecular weight excluding hydrogens is 294 g/mol. The first-order valence-electron chi connectivity index (χ1n) is 7.12. The van der Waals surface area contributed by atoms with Crippen molar-refractivity contribution in [2.24, 2.45) is 0 Å². The maximum absolute atomic E-state index is 11.5. The second-order valence-corrected chi connectivity index (χ2v) is 7.10. The third-order valence-corrected chi connectivity index (χ3v) is 4.76. The van der Waals surface area contributed by atoms with Gasteiger partial charge in [-0.3, -0.25) is 0 Å². The van der Waals surface area contributed by atoms with Crippen molar-refractivity contribution in [3.8, 4) is 6.01 Å². The van der Waals surface area contributed by atoms with Gasteiger partial charge in [-0.1, -0.05) is 6.92 Å². The molecule has 2 N–H and O–H groups in total. The molecule has 0 spiro atoms. The van der Waals surface area contributed by atoms with E-state index in [0.717, 1.165) is 13.0 Å². The number of nitrogens with one attached hydrogen (secondary N) is 2. The molecule has 9 heteroatoms. The van der Waals surface area contributed by atoms with Crippen LogP contribution in [0.4, 0.5) is 11.9 Å². The molecule has 1 aromatic rings. The van der Waals surface area contributed by atoms with E-state index in [9.17, 15) is 8.42 Å². The maximum atomic E-state index is 11.5. The topological polar surface area (TPSA) is 106 Å². The average Bonchev–Trinajstić information content (AvgIpc) is 2.76. The van der Waals surface area contributed by atoms with Gasteiger partial charge < -0.3 is 15.4 Å². The predicted molar refractivity (Wildman–Crippen MR) is 80.5 cm³/mol. The SMILES string of the molecule is CCCNc1nc(NC2CCS(=O)(=O)C2)nc(OCC)n1. The van der Waals surface area contributed by atoms with Gasteiger partial charge >= 0.3 is 6.01 Å². The predicted octanol–water partition coefficient (Wildman–Crippen LogP) is 0.691. The first kappa shape index (κ1) is 15.7. The summed E-state index contributed by atoms with van der Waals surface area (Å²) in [5, 5.41) is 6.12. The van der Waals surface area contributed by atoms with Crippen LogP contribution in [0.3, 0.4) is 0 Å². The molecule has 1 unspecified atom stereocenters. The first-order valence-corrected chi connectivity index (χ1v) is 8.94. The highest BCUT2D eigenvalue weighted by Gasteiger charge is 2.28. The number of sulfone groups is 1. The molecule has 8 nitrogen and oxygen atoms in total. The lowest BCUT2D eigenvalue weighted by molar-refractivity contribution is 0.312. The van der Waals surface area contributed by atoms with Crippen LogP contribution in [-0.2, 0) is 9.84 Å². The van der Waals surface area contributed by atoms with Crippen LogP contribution in [0, 0.1) is 0 Å². The summed E-state index contributed by atoms with van der Waals surface area (Å²) in [5.74, 6) is 1.09. The van der Waals surface area contributed by atoms with Crippen molar-refractivity contribution < 1.29 is 13.2 Å². The average molecular weight is 315 g/mol. The fourth-order valence-corrected chi connectivity index (χ4v) is 3.70. The van der Waals surface area contributed by atoms with Crippen molar-refractivity contribution in [2.75, 3.05) is 35.3 Å². The zero-order chi connectivity index (χ0) is 15.3. The van der Waals surface area contributed by atoms with Crippen LogP contribution in [-0.4, -0.2) is 54.1 Å². The second-order valence-electron chi connectivity index (χ2n) is 4.87. The van der Waals surface area contributed by atoms with Gasteiger partial charge in [0.25, 0.3) is 0 Å². The van der Waals surface area contributed by atoms with Crippen LogP contribution < -0.4 is 15.4 Å². The maximum Gasteiger partial charge on any atom is 0.323 e. The molecule has 1 fully saturated rings. The minimum absolute atomic E-state index is 0.111. The molecule has 0 saturated carbocycles. The molecular formula is C12H21N5O3S. The Morgan fingerprint density at radius 2 is 2.00 bits per heavy atom. The van der Waals surface area contributed by atoms with E-state index in [1.807, 2.05) is 13.8 Å². The Labute approximate surface area is 124 Å². The van der Waals surface area contributed by atoms with Crippen molar-refractivity contribution >= 4 is 21.7 Å². The first-order chi connectivity index (χ1) is 10.0. The number of hydrogen-bond donors (Lipinski definition) is 2. The van der Waals surface area contributed by atoms with Crippen molar-refractivity contribution in [2.45, 2.75) is 32.7 Å². The number of anilines is 2. The summed E-state index contributed by atoms with van der Waals surface area (Å²) in [6, 6.07) is 0.0698. The van der Waals surface area contributed by atoms with Gasteiger partial charge in [-0.05, 0) is 19.8 Å². The molecule has 0 bridgehead atoms. The number of ether oxygens (including phenoxy) is 1. The zero-order valence-corrected chi connectivity index (χ0v) is 13.1. The third kappa shape index (κ3) is 4.69. The van der Waals surface area contributed by atoms with Crippen LogP contribution in [0.2, 0.25) is 0 Å². The van der Waals surface area contributed by atoms with E-state index in [4.69, 9.17) is 4.74 Å². The van der Waals surface area contributed by atoms with Crippen LogP contribution in [0.25, 0.3) is 0 Å². The molecule has 1 saturated heterocycles. The molecule has 1 aliphatic rings. The summed E-state index contributed by atoms with van der Waals surface area (Å²) in [7, 11) is -2.94. The van der Waals surface area contributed by atoms with Gasteiger partial charge in [-0.25, -0.2) is 8.42 Å². The Morgan fingerprint density at radius 1 is 1.24 bits per heavy atom. The summed E-state index contributed by atoms with van der Waals surface area (Å²) >= 11 is 0. The summed E-state index contributed by atoms with van der Waals surface area (Å²) < 4.78 is 28.3. The van der Waals surface area contributed by atoms with E-state index in [0.29, 0.717) is 24.9 Å². The third-order valence-electron chi connectivity index (χ3n) is 2.99. The van der Waals surface area contributed by atoms with E-state index in [1.54, 1.807) is 0 Å². The molecule has 1 atom stereocenters. The largest absolute Gasteiger partial charge is 0.464 e. The lowest BCUT2D eigenvalue weighted by Gasteiger charge is -2.13. The summed E-state index contributed by atoms with van der Waals surface area (Å²) in [6.07, 6.45) is 1.51. The smallest absolute Gasteiger partial charge is 0.323 e. The monoisotopic (exact) mass is 315 g/mol. The fraction of sp³-hybridized carbons (Fsp3) is 0.750. The van der Waals surface area contributed by atoms with Crippen molar-refractivity contribution in [1.29, 1.82) is 0 Å². The van der Waals surface area contributed by atoms with Gasteiger partial charge in [-0.15, -0.1) is 0 Å². The number of aromatic nitrogens is 3. The Bertz CT molecular complexity index is 578. The van der Waals surface area contributed by atoms with Crippen molar-refractivity contribution in [3.63, 3.8) is 0 Å². The van der Waals surface area contributed by atoms with Crippen LogP contribution in [0.1, 0.15) is 26.7 Å². The van der Waals surface area contributed by atoms with E-state index in [2.05, 4.69) is 25.6 Å². The molecule has 2 heterocycles. The minimum Gasteiger partial charge on any atom is -0.464 e. The van der Waals surface area contributed by atoms with Gasteiger partial charge in [0.2, 0.25) is 11.9 Å². The highest BCUT2D eigenvalue weighted by molar-refractivity contribution is 7.91. The van der Waals surface area contributed by atoms with Crippen LogP contribution in [0.15, 0.2) is 0 Å². The second kappa shape index (κ2) is 6.88. The number of hydrogen-bond acceptors (Lipinski definition) is 8. The molecule has 1 aliphatic heterocycles. The van der Waals surface area contributed by atoms with Crippen molar-refractivity contribution in [3.05, 3.63) is 0 Å². The van der Waals surface area contributed by atoms with E-state index >= 15 is 0 Å². The summed E-state index contributed by atoms with van der Waals surface area (Å²) in [6.45, 7) is 5.08. The minimum atomic E-state index is -2.94.